The van der Waals surface area contributed by atoms with Crippen LogP contribution < -0.4 is 10.2 Å². The Labute approximate surface area is 216 Å². The van der Waals surface area contributed by atoms with Gasteiger partial charge in [0.25, 0.3) is 5.91 Å². The molecule has 0 aliphatic rings. The number of likely N-dealkylation sites (N-methyl/N-ethyl adjacent to an activating group) is 2. The number of aromatic nitrogens is 1. The lowest BCUT2D eigenvalue weighted by Gasteiger charge is -2.18. The van der Waals surface area contributed by atoms with Crippen LogP contribution >= 0.6 is 22.9 Å². The van der Waals surface area contributed by atoms with Crippen molar-refractivity contribution in [1.82, 2.24) is 9.88 Å². The quantitative estimate of drug-likeness (QED) is 0.282. The molecule has 0 saturated carbocycles. The summed E-state index contributed by atoms with van der Waals surface area (Å²) in [5.74, 6) is -0.299. The van der Waals surface area contributed by atoms with Crippen LogP contribution in [0, 0.1) is 0 Å². The maximum absolute atomic E-state index is 12.9. The van der Waals surface area contributed by atoms with E-state index >= 15 is 0 Å². The van der Waals surface area contributed by atoms with Crippen molar-refractivity contribution in [2.24, 2.45) is 0 Å². The van der Waals surface area contributed by atoms with Crippen LogP contribution in [0.15, 0.2) is 60.7 Å². The standard InChI is InChI=1S/C26H24ClF3N4OS/c1-33(2)12-13-34(3)25-32-22-11-9-19(15-23(22)36-25)31-24(35)17-6-4-16(5-7-17)20-10-8-18(14-21(20)27)26(28,29)30/h4-11,14-15H,12-13H2,1-3H3,(H,31,35). The number of benzene rings is 3. The Morgan fingerprint density at radius 1 is 1.00 bits per heavy atom. The molecule has 0 aliphatic heterocycles. The molecule has 5 nitrogen and oxygen atoms in total. The van der Waals surface area contributed by atoms with E-state index in [-0.39, 0.29) is 10.9 Å². The molecule has 1 amide bonds. The number of fused-ring (bicyclic) bond motifs is 1. The summed E-state index contributed by atoms with van der Waals surface area (Å²) < 4.78 is 39.6. The largest absolute Gasteiger partial charge is 0.416 e. The number of nitrogens with zero attached hydrogens (tertiary/aromatic N) is 3. The predicted octanol–water partition coefficient (Wildman–Crippen LogP) is 6.89. The molecule has 0 aliphatic carbocycles. The van der Waals surface area contributed by atoms with Gasteiger partial charge in [0.1, 0.15) is 0 Å². The monoisotopic (exact) mass is 532 g/mol. The summed E-state index contributed by atoms with van der Waals surface area (Å²) in [6, 6.07) is 15.3. The number of halogens is 4. The minimum atomic E-state index is -4.46. The Hall–Kier alpha value is -3.14. The van der Waals surface area contributed by atoms with E-state index in [1.54, 1.807) is 41.7 Å². The minimum Gasteiger partial charge on any atom is -0.350 e. The molecule has 0 radical (unpaired) electrons. The molecule has 1 aromatic heterocycles. The molecule has 36 heavy (non-hydrogen) atoms. The average Bonchev–Trinajstić information content (AvgIpc) is 3.25. The van der Waals surface area contributed by atoms with E-state index in [2.05, 4.69) is 20.1 Å². The zero-order valence-corrected chi connectivity index (χ0v) is 21.4. The molecule has 0 saturated heterocycles. The van der Waals surface area contributed by atoms with Crippen molar-refractivity contribution in [2.45, 2.75) is 6.18 Å². The van der Waals surface area contributed by atoms with Crippen LogP contribution in [0.2, 0.25) is 5.02 Å². The molecule has 3 aromatic carbocycles. The van der Waals surface area contributed by atoms with Gasteiger partial charge in [-0.05, 0) is 62.1 Å². The molecule has 0 atom stereocenters. The van der Waals surface area contributed by atoms with E-state index in [1.165, 1.54) is 6.07 Å². The van der Waals surface area contributed by atoms with Crippen molar-refractivity contribution in [3.8, 4) is 11.1 Å². The second-order valence-electron chi connectivity index (χ2n) is 8.63. The summed E-state index contributed by atoms with van der Waals surface area (Å²) in [4.78, 5) is 21.7. The third-order valence-electron chi connectivity index (χ3n) is 5.60. The Morgan fingerprint density at radius 3 is 2.36 bits per heavy atom. The molecule has 188 valence electrons. The first-order chi connectivity index (χ1) is 17.0. The van der Waals surface area contributed by atoms with Crippen molar-refractivity contribution in [2.75, 3.05) is 44.4 Å². The fraction of sp³-hybridized carbons (Fsp3) is 0.231. The van der Waals surface area contributed by atoms with Gasteiger partial charge in [0.05, 0.1) is 15.8 Å². The first-order valence-corrected chi connectivity index (χ1v) is 12.3. The molecule has 0 spiro atoms. The molecule has 4 aromatic rings. The van der Waals surface area contributed by atoms with Crippen LogP contribution in [0.1, 0.15) is 15.9 Å². The number of carbonyl (C=O) groups excluding carboxylic acids is 1. The Morgan fingerprint density at radius 2 is 1.72 bits per heavy atom. The highest BCUT2D eigenvalue weighted by Gasteiger charge is 2.31. The number of alkyl halides is 3. The predicted molar refractivity (Wildman–Crippen MR) is 141 cm³/mol. The molecular formula is C26H24ClF3N4OS. The van der Waals surface area contributed by atoms with Crippen LogP contribution in [0.4, 0.5) is 24.0 Å². The second kappa shape index (κ2) is 10.5. The summed E-state index contributed by atoms with van der Waals surface area (Å²) in [5, 5.41) is 3.79. The van der Waals surface area contributed by atoms with Crippen molar-refractivity contribution < 1.29 is 18.0 Å². The molecule has 0 fully saturated rings. The van der Waals surface area contributed by atoms with Crippen molar-refractivity contribution in [3.63, 3.8) is 0 Å². The molecular weight excluding hydrogens is 509 g/mol. The van der Waals surface area contributed by atoms with Crippen molar-refractivity contribution in [3.05, 3.63) is 76.8 Å². The number of anilines is 2. The molecule has 0 unspecified atom stereocenters. The van der Waals surface area contributed by atoms with E-state index in [0.29, 0.717) is 22.4 Å². The summed E-state index contributed by atoms with van der Waals surface area (Å²) in [6.07, 6.45) is -4.46. The van der Waals surface area contributed by atoms with Crippen molar-refractivity contribution in [1.29, 1.82) is 0 Å². The zero-order chi connectivity index (χ0) is 26.0. The summed E-state index contributed by atoms with van der Waals surface area (Å²) in [6.45, 7) is 1.77. The third-order valence-corrected chi connectivity index (χ3v) is 7.04. The number of thiazole rings is 1. The second-order valence-corrected chi connectivity index (χ2v) is 10.0. The minimum absolute atomic E-state index is 0.00776. The first-order valence-electron chi connectivity index (χ1n) is 11.1. The maximum Gasteiger partial charge on any atom is 0.416 e. The summed E-state index contributed by atoms with van der Waals surface area (Å²) in [7, 11) is 6.06. The van der Waals surface area contributed by atoms with E-state index in [1.807, 2.05) is 33.3 Å². The fourth-order valence-corrected chi connectivity index (χ4v) is 4.81. The highest BCUT2D eigenvalue weighted by atomic mass is 35.5. The number of hydrogen-bond acceptors (Lipinski definition) is 5. The third kappa shape index (κ3) is 5.98. The van der Waals surface area contributed by atoms with E-state index < -0.39 is 11.7 Å². The van der Waals surface area contributed by atoms with Gasteiger partial charge in [0.15, 0.2) is 5.13 Å². The van der Waals surface area contributed by atoms with Gasteiger partial charge in [-0.15, -0.1) is 0 Å². The molecule has 0 bridgehead atoms. The van der Waals surface area contributed by atoms with E-state index in [0.717, 1.165) is 40.6 Å². The Bertz CT molecular complexity index is 1390. The Kier molecular flexibility index (Phi) is 7.54. The van der Waals surface area contributed by atoms with Crippen LogP contribution in [-0.2, 0) is 6.18 Å². The highest BCUT2D eigenvalue weighted by molar-refractivity contribution is 7.22. The summed E-state index contributed by atoms with van der Waals surface area (Å²) in [5.41, 5.74) is 2.18. The lowest BCUT2D eigenvalue weighted by molar-refractivity contribution is -0.137. The topological polar surface area (TPSA) is 48.5 Å². The van der Waals surface area contributed by atoms with Gasteiger partial charge in [-0.3, -0.25) is 4.79 Å². The molecule has 1 N–H and O–H groups in total. The van der Waals surface area contributed by atoms with Crippen LogP contribution in [0.3, 0.4) is 0 Å². The van der Waals surface area contributed by atoms with Gasteiger partial charge in [-0.2, -0.15) is 13.2 Å². The maximum atomic E-state index is 12.9. The lowest BCUT2D eigenvalue weighted by Crippen LogP contribution is -2.28. The lowest BCUT2D eigenvalue weighted by atomic mass is 10.0. The zero-order valence-electron chi connectivity index (χ0n) is 19.9. The van der Waals surface area contributed by atoms with Gasteiger partial charge in [-0.1, -0.05) is 41.1 Å². The fourth-order valence-electron chi connectivity index (χ4n) is 3.53. The number of hydrogen-bond donors (Lipinski definition) is 1. The van der Waals surface area contributed by atoms with Crippen LogP contribution in [0.5, 0.6) is 0 Å². The van der Waals surface area contributed by atoms with Gasteiger partial charge in [-0.25, -0.2) is 4.98 Å². The average molecular weight is 533 g/mol. The van der Waals surface area contributed by atoms with Crippen LogP contribution in [0.25, 0.3) is 21.3 Å². The van der Waals surface area contributed by atoms with Gasteiger partial charge in [0.2, 0.25) is 0 Å². The summed E-state index contributed by atoms with van der Waals surface area (Å²) >= 11 is 7.65. The van der Waals surface area contributed by atoms with Crippen LogP contribution in [-0.4, -0.2) is 50.0 Å². The SMILES string of the molecule is CN(C)CCN(C)c1nc2ccc(NC(=O)c3ccc(-c4ccc(C(F)(F)F)cc4Cl)cc3)cc2s1. The van der Waals surface area contributed by atoms with Gasteiger partial charge < -0.3 is 15.1 Å². The van der Waals surface area contributed by atoms with Gasteiger partial charge in [0, 0.05) is 42.0 Å². The van der Waals surface area contributed by atoms with E-state index in [4.69, 9.17) is 11.6 Å². The molecule has 1 heterocycles. The number of rotatable bonds is 7. The smallest absolute Gasteiger partial charge is 0.350 e. The Balaban J connectivity index is 1.46. The normalized spacial score (nSPS) is 11.8. The number of nitrogens with one attached hydrogen (secondary N) is 1. The highest BCUT2D eigenvalue weighted by Crippen LogP contribution is 2.36. The van der Waals surface area contributed by atoms with Gasteiger partial charge >= 0.3 is 6.18 Å². The number of carbonyl (C=O) groups is 1. The molecule has 4 rings (SSSR count). The van der Waals surface area contributed by atoms with E-state index in [9.17, 15) is 18.0 Å². The van der Waals surface area contributed by atoms with Crippen molar-refractivity contribution >= 4 is 49.9 Å². The number of amides is 1. The molecule has 10 heteroatoms. The first kappa shape index (κ1) is 25.9.